The van der Waals surface area contributed by atoms with Gasteiger partial charge in [0.25, 0.3) is 0 Å². The summed E-state index contributed by atoms with van der Waals surface area (Å²) in [5.41, 5.74) is 1.12. The SMILES string of the molecule is OCC[C@H](Nc1cc(N2CCCC(CO)C2)ncn1)c1ccccc1. The molecule has 0 aliphatic carbocycles. The van der Waals surface area contributed by atoms with Crippen LogP contribution < -0.4 is 10.2 Å². The molecule has 6 nitrogen and oxygen atoms in total. The number of hydrogen-bond donors (Lipinski definition) is 3. The Labute approximate surface area is 148 Å². The molecule has 134 valence electrons. The van der Waals surface area contributed by atoms with Gasteiger partial charge in [-0.15, -0.1) is 0 Å². The summed E-state index contributed by atoms with van der Waals surface area (Å²) in [4.78, 5) is 11.0. The Kier molecular flexibility index (Phi) is 6.19. The predicted molar refractivity (Wildman–Crippen MR) is 98.6 cm³/mol. The van der Waals surface area contributed by atoms with Gasteiger partial charge in [0.1, 0.15) is 18.0 Å². The molecule has 0 radical (unpaired) electrons. The molecule has 2 atom stereocenters. The smallest absolute Gasteiger partial charge is 0.134 e. The Morgan fingerprint density at radius 1 is 1.20 bits per heavy atom. The van der Waals surface area contributed by atoms with Gasteiger partial charge in [0.15, 0.2) is 0 Å². The van der Waals surface area contributed by atoms with E-state index in [1.165, 1.54) is 0 Å². The number of aliphatic hydroxyl groups is 2. The van der Waals surface area contributed by atoms with Crippen molar-refractivity contribution in [2.45, 2.75) is 25.3 Å². The lowest BCUT2D eigenvalue weighted by Gasteiger charge is -2.32. The van der Waals surface area contributed by atoms with Crippen LogP contribution in [0.5, 0.6) is 0 Å². The quantitative estimate of drug-likeness (QED) is 0.716. The first kappa shape index (κ1) is 17.6. The van der Waals surface area contributed by atoms with Crippen molar-refractivity contribution in [1.82, 2.24) is 9.97 Å². The van der Waals surface area contributed by atoms with Crippen molar-refractivity contribution in [3.05, 3.63) is 48.3 Å². The average Bonchev–Trinajstić information content (AvgIpc) is 2.68. The molecule has 0 amide bonds. The standard InChI is InChI=1S/C19H26N4O2/c24-10-8-17(16-6-2-1-3-7-16)22-18-11-19(21-14-20-18)23-9-4-5-15(12-23)13-25/h1-3,6-7,11,14-15,17,24-25H,4-5,8-10,12-13H2,(H,20,21,22)/t15?,17-/m0/s1. The highest BCUT2D eigenvalue weighted by Gasteiger charge is 2.21. The van der Waals surface area contributed by atoms with E-state index in [2.05, 4.69) is 20.2 Å². The van der Waals surface area contributed by atoms with Crippen molar-refractivity contribution in [1.29, 1.82) is 0 Å². The van der Waals surface area contributed by atoms with E-state index in [0.717, 1.165) is 43.1 Å². The second-order valence-corrected chi connectivity index (χ2v) is 6.52. The van der Waals surface area contributed by atoms with Crippen LogP contribution in [0.4, 0.5) is 11.6 Å². The maximum absolute atomic E-state index is 9.42. The van der Waals surface area contributed by atoms with Crippen LogP contribution in [0, 0.1) is 5.92 Å². The highest BCUT2D eigenvalue weighted by atomic mass is 16.3. The summed E-state index contributed by atoms with van der Waals surface area (Å²) < 4.78 is 0. The molecule has 1 aliphatic rings. The van der Waals surface area contributed by atoms with Crippen molar-refractivity contribution in [2.75, 3.05) is 36.5 Å². The molecule has 3 rings (SSSR count). The normalized spacial score (nSPS) is 18.8. The number of benzene rings is 1. The third-order valence-corrected chi connectivity index (χ3v) is 4.70. The van der Waals surface area contributed by atoms with E-state index in [1.807, 2.05) is 36.4 Å². The fourth-order valence-corrected chi connectivity index (χ4v) is 3.34. The van der Waals surface area contributed by atoms with Gasteiger partial charge in [0.05, 0.1) is 6.04 Å². The Morgan fingerprint density at radius 3 is 2.80 bits per heavy atom. The first-order valence-electron chi connectivity index (χ1n) is 8.90. The van der Waals surface area contributed by atoms with E-state index in [-0.39, 0.29) is 19.3 Å². The van der Waals surface area contributed by atoms with Gasteiger partial charge in [-0.3, -0.25) is 0 Å². The van der Waals surface area contributed by atoms with E-state index in [1.54, 1.807) is 6.33 Å². The van der Waals surface area contributed by atoms with Crippen LogP contribution in [0.25, 0.3) is 0 Å². The molecule has 1 unspecified atom stereocenters. The molecule has 1 fully saturated rings. The average molecular weight is 342 g/mol. The fourth-order valence-electron chi connectivity index (χ4n) is 3.34. The number of piperidine rings is 1. The highest BCUT2D eigenvalue weighted by molar-refractivity contribution is 5.50. The van der Waals surface area contributed by atoms with Crippen molar-refractivity contribution >= 4 is 11.6 Å². The molecule has 0 spiro atoms. The van der Waals surface area contributed by atoms with Crippen LogP contribution in [0.1, 0.15) is 30.9 Å². The first-order chi connectivity index (χ1) is 12.3. The summed E-state index contributed by atoms with van der Waals surface area (Å²) in [6.45, 7) is 2.10. The number of nitrogens with zero attached hydrogens (tertiary/aromatic N) is 3. The van der Waals surface area contributed by atoms with Gasteiger partial charge >= 0.3 is 0 Å². The Hall–Kier alpha value is -2.18. The number of anilines is 2. The molecule has 2 aromatic rings. The lowest BCUT2D eigenvalue weighted by Crippen LogP contribution is -2.37. The minimum atomic E-state index is 0.000459. The van der Waals surface area contributed by atoms with E-state index in [4.69, 9.17) is 0 Å². The van der Waals surface area contributed by atoms with Gasteiger partial charge in [0, 0.05) is 32.4 Å². The highest BCUT2D eigenvalue weighted by Crippen LogP contribution is 2.25. The summed E-state index contributed by atoms with van der Waals surface area (Å²) in [5.74, 6) is 1.94. The molecule has 0 saturated carbocycles. The van der Waals surface area contributed by atoms with Crippen molar-refractivity contribution in [2.24, 2.45) is 5.92 Å². The van der Waals surface area contributed by atoms with Gasteiger partial charge < -0.3 is 20.4 Å². The monoisotopic (exact) mass is 342 g/mol. The van der Waals surface area contributed by atoms with Gasteiger partial charge in [-0.05, 0) is 30.7 Å². The zero-order chi connectivity index (χ0) is 17.5. The van der Waals surface area contributed by atoms with Crippen molar-refractivity contribution in [3.63, 3.8) is 0 Å². The summed E-state index contributed by atoms with van der Waals surface area (Å²) in [7, 11) is 0. The Balaban J connectivity index is 1.74. The minimum Gasteiger partial charge on any atom is -0.396 e. The molecular weight excluding hydrogens is 316 g/mol. The Bertz CT molecular complexity index is 653. The molecular formula is C19H26N4O2. The van der Waals surface area contributed by atoms with Crippen LogP contribution >= 0.6 is 0 Å². The van der Waals surface area contributed by atoms with Crippen molar-refractivity contribution in [3.8, 4) is 0 Å². The van der Waals surface area contributed by atoms with Crippen LogP contribution in [-0.4, -0.2) is 46.5 Å². The third kappa shape index (κ3) is 4.67. The molecule has 2 heterocycles. The molecule has 1 aliphatic heterocycles. The summed E-state index contributed by atoms with van der Waals surface area (Å²) >= 11 is 0. The summed E-state index contributed by atoms with van der Waals surface area (Å²) in [5, 5.41) is 22.2. The van der Waals surface area contributed by atoms with E-state index >= 15 is 0 Å². The molecule has 1 saturated heterocycles. The van der Waals surface area contributed by atoms with Gasteiger partial charge in [0.2, 0.25) is 0 Å². The number of nitrogens with one attached hydrogen (secondary N) is 1. The molecule has 0 bridgehead atoms. The second-order valence-electron chi connectivity index (χ2n) is 6.52. The number of hydrogen-bond acceptors (Lipinski definition) is 6. The predicted octanol–water partition coefficient (Wildman–Crippen LogP) is 2.22. The molecule has 25 heavy (non-hydrogen) atoms. The molecule has 1 aromatic heterocycles. The van der Waals surface area contributed by atoms with E-state index < -0.39 is 0 Å². The van der Waals surface area contributed by atoms with Gasteiger partial charge in [-0.25, -0.2) is 9.97 Å². The zero-order valence-electron chi connectivity index (χ0n) is 14.4. The minimum absolute atomic E-state index is 0.000459. The van der Waals surface area contributed by atoms with Crippen LogP contribution in [0.2, 0.25) is 0 Å². The number of aromatic nitrogens is 2. The largest absolute Gasteiger partial charge is 0.396 e. The topological polar surface area (TPSA) is 81.5 Å². The van der Waals surface area contributed by atoms with Gasteiger partial charge in [-0.2, -0.15) is 0 Å². The zero-order valence-corrected chi connectivity index (χ0v) is 14.4. The van der Waals surface area contributed by atoms with Crippen molar-refractivity contribution < 1.29 is 10.2 Å². The van der Waals surface area contributed by atoms with Crippen LogP contribution in [0.15, 0.2) is 42.7 Å². The van der Waals surface area contributed by atoms with E-state index in [9.17, 15) is 10.2 Å². The molecule has 1 aromatic carbocycles. The maximum atomic E-state index is 9.42. The number of aliphatic hydroxyl groups excluding tert-OH is 2. The fraction of sp³-hybridized carbons (Fsp3) is 0.474. The Morgan fingerprint density at radius 2 is 2.04 bits per heavy atom. The van der Waals surface area contributed by atoms with E-state index in [0.29, 0.717) is 12.3 Å². The summed E-state index contributed by atoms with van der Waals surface area (Å²) in [6.07, 6.45) is 4.31. The molecule has 3 N–H and O–H groups in total. The number of rotatable bonds is 7. The first-order valence-corrected chi connectivity index (χ1v) is 8.90. The van der Waals surface area contributed by atoms with Crippen LogP contribution in [-0.2, 0) is 0 Å². The van der Waals surface area contributed by atoms with Gasteiger partial charge in [-0.1, -0.05) is 30.3 Å². The second kappa shape index (κ2) is 8.78. The third-order valence-electron chi connectivity index (χ3n) is 4.70. The lowest BCUT2D eigenvalue weighted by molar-refractivity contribution is 0.208. The molecule has 6 heteroatoms. The summed E-state index contributed by atoms with van der Waals surface area (Å²) in [6, 6.07) is 12.0. The van der Waals surface area contributed by atoms with Crippen LogP contribution in [0.3, 0.4) is 0 Å². The lowest BCUT2D eigenvalue weighted by atomic mass is 9.99. The maximum Gasteiger partial charge on any atom is 0.134 e.